The Morgan fingerprint density at radius 3 is 2.67 bits per heavy atom. The molecule has 4 nitrogen and oxygen atoms in total. The smallest absolute Gasteiger partial charge is 0.127 e. The number of halogens is 1. The van der Waals surface area contributed by atoms with Crippen molar-refractivity contribution < 1.29 is 4.74 Å². The maximum Gasteiger partial charge on any atom is 0.127 e. The molecule has 2 N–H and O–H groups in total. The molecule has 0 aliphatic heterocycles. The highest BCUT2D eigenvalue weighted by molar-refractivity contribution is 6.30. The third-order valence-corrected chi connectivity index (χ3v) is 3.39. The van der Waals surface area contributed by atoms with E-state index in [0.29, 0.717) is 10.8 Å². The fraction of sp³-hybridized carbons (Fsp3) is 0.0625. The van der Waals surface area contributed by atoms with Gasteiger partial charge in [0.2, 0.25) is 0 Å². The molecule has 3 aromatic rings. The van der Waals surface area contributed by atoms with E-state index in [4.69, 9.17) is 22.1 Å². The number of methoxy groups -OCH3 is 1. The Labute approximate surface area is 127 Å². The van der Waals surface area contributed by atoms with Crippen molar-refractivity contribution in [2.45, 2.75) is 0 Å². The standard InChI is InChI=1S/C16H14ClN3O/c1-21-14-7-3-6-13(9-14)20-16(18)10-15(19-20)11-4-2-5-12(17)8-11/h2-10H,18H2,1H3. The van der Waals surface area contributed by atoms with Crippen LogP contribution in [0.2, 0.25) is 5.02 Å². The van der Waals surface area contributed by atoms with Crippen molar-refractivity contribution in [3.05, 3.63) is 59.6 Å². The Balaban J connectivity index is 2.05. The molecule has 0 saturated heterocycles. The molecule has 3 rings (SSSR count). The van der Waals surface area contributed by atoms with Crippen molar-refractivity contribution in [3.8, 4) is 22.7 Å². The number of anilines is 1. The average Bonchev–Trinajstić information content (AvgIpc) is 2.89. The largest absolute Gasteiger partial charge is 0.497 e. The normalized spacial score (nSPS) is 10.6. The molecule has 1 aromatic heterocycles. The molecule has 0 bridgehead atoms. The SMILES string of the molecule is COc1cccc(-n2nc(-c3cccc(Cl)c3)cc2N)c1. The number of aromatic nitrogens is 2. The molecule has 0 fully saturated rings. The van der Waals surface area contributed by atoms with Crippen LogP contribution in [0.4, 0.5) is 5.82 Å². The first-order valence-corrected chi connectivity index (χ1v) is 6.81. The predicted molar refractivity (Wildman–Crippen MR) is 85.0 cm³/mol. The van der Waals surface area contributed by atoms with Gasteiger partial charge in [-0.15, -0.1) is 0 Å². The number of nitrogens with two attached hydrogens (primary N) is 1. The number of rotatable bonds is 3. The molecule has 0 aliphatic rings. The predicted octanol–water partition coefficient (Wildman–Crippen LogP) is 3.78. The lowest BCUT2D eigenvalue weighted by Gasteiger charge is -2.06. The summed E-state index contributed by atoms with van der Waals surface area (Å²) in [5, 5.41) is 5.21. The maximum atomic E-state index is 6.07. The van der Waals surface area contributed by atoms with Gasteiger partial charge in [0.15, 0.2) is 0 Å². The lowest BCUT2D eigenvalue weighted by Crippen LogP contribution is -2.01. The van der Waals surface area contributed by atoms with E-state index in [-0.39, 0.29) is 0 Å². The van der Waals surface area contributed by atoms with Gasteiger partial charge < -0.3 is 10.5 Å². The molecule has 0 unspecified atom stereocenters. The van der Waals surface area contributed by atoms with Crippen LogP contribution in [-0.2, 0) is 0 Å². The molecular formula is C16H14ClN3O. The first kappa shape index (κ1) is 13.5. The minimum atomic E-state index is 0.554. The van der Waals surface area contributed by atoms with E-state index in [1.54, 1.807) is 11.8 Å². The van der Waals surface area contributed by atoms with Crippen LogP contribution in [0, 0.1) is 0 Å². The Morgan fingerprint density at radius 1 is 1.10 bits per heavy atom. The van der Waals surface area contributed by atoms with E-state index in [0.717, 1.165) is 22.7 Å². The fourth-order valence-electron chi connectivity index (χ4n) is 2.13. The highest BCUT2D eigenvalue weighted by Crippen LogP contribution is 2.26. The number of ether oxygens (including phenoxy) is 1. The van der Waals surface area contributed by atoms with E-state index in [2.05, 4.69) is 5.10 Å². The zero-order valence-electron chi connectivity index (χ0n) is 11.5. The summed E-state index contributed by atoms with van der Waals surface area (Å²) in [5.41, 5.74) is 8.62. The van der Waals surface area contributed by atoms with Gasteiger partial charge in [0.05, 0.1) is 18.5 Å². The highest BCUT2D eigenvalue weighted by atomic mass is 35.5. The number of nitrogens with zero attached hydrogens (tertiary/aromatic N) is 2. The van der Waals surface area contributed by atoms with Gasteiger partial charge in [-0.25, -0.2) is 4.68 Å². The number of hydrogen-bond acceptors (Lipinski definition) is 3. The van der Waals surface area contributed by atoms with E-state index in [1.807, 2.05) is 54.6 Å². The van der Waals surface area contributed by atoms with Crippen LogP contribution in [0.5, 0.6) is 5.75 Å². The van der Waals surface area contributed by atoms with Crippen LogP contribution in [-0.4, -0.2) is 16.9 Å². The first-order chi connectivity index (χ1) is 10.2. The van der Waals surface area contributed by atoms with Gasteiger partial charge in [0, 0.05) is 22.7 Å². The Morgan fingerprint density at radius 2 is 1.90 bits per heavy atom. The van der Waals surface area contributed by atoms with Crippen molar-refractivity contribution in [3.63, 3.8) is 0 Å². The molecule has 0 atom stereocenters. The Bertz CT molecular complexity index is 783. The second kappa shape index (κ2) is 5.50. The van der Waals surface area contributed by atoms with Crippen LogP contribution in [0.15, 0.2) is 54.6 Å². The molecule has 5 heteroatoms. The number of hydrogen-bond donors (Lipinski definition) is 1. The van der Waals surface area contributed by atoms with Crippen LogP contribution in [0.25, 0.3) is 16.9 Å². The Hall–Kier alpha value is -2.46. The van der Waals surface area contributed by atoms with Gasteiger partial charge in [-0.2, -0.15) is 5.10 Å². The highest BCUT2D eigenvalue weighted by Gasteiger charge is 2.09. The second-order valence-corrected chi connectivity index (χ2v) is 5.01. The van der Waals surface area contributed by atoms with Gasteiger partial charge >= 0.3 is 0 Å². The van der Waals surface area contributed by atoms with Gasteiger partial charge in [-0.3, -0.25) is 0 Å². The van der Waals surface area contributed by atoms with Gasteiger partial charge in [-0.05, 0) is 24.3 Å². The van der Waals surface area contributed by atoms with Gasteiger partial charge in [0.1, 0.15) is 11.6 Å². The van der Waals surface area contributed by atoms with E-state index in [9.17, 15) is 0 Å². The molecule has 21 heavy (non-hydrogen) atoms. The molecular weight excluding hydrogens is 286 g/mol. The van der Waals surface area contributed by atoms with Crippen LogP contribution < -0.4 is 10.5 Å². The van der Waals surface area contributed by atoms with Crippen molar-refractivity contribution >= 4 is 17.4 Å². The molecule has 106 valence electrons. The summed E-state index contributed by atoms with van der Waals surface area (Å²) in [6, 6.07) is 16.9. The minimum absolute atomic E-state index is 0.554. The topological polar surface area (TPSA) is 53.1 Å². The molecule has 1 heterocycles. The summed E-state index contributed by atoms with van der Waals surface area (Å²) >= 11 is 6.02. The van der Waals surface area contributed by atoms with E-state index in [1.165, 1.54) is 0 Å². The summed E-state index contributed by atoms with van der Waals surface area (Å²) in [6.07, 6.45) is 0. The first-order valence-electron chi connectivity index (χ1n) is 6.43. The third kappa shape index (κ3) is 2.71. The summed E-state index contributed by atoms with van der Waals surface area (Å²) in [6.45, 7) is 0. The van der Waals surface area contributed by atoms with Crippen molar-refractivity contribution in [2.75, 3.05) is 12.8 Å². The fourth-order valence-corrected chi connectivity index (χ4v) is 2.32. The molecule has 0 aliphatic carbocycles. The molecule has 0 amide bonds. The summed E-state index contributed by atoms with van der Waals surface area (Å²) < 4.78 is 6.90. The molecule has 2 aromatic carbocycles. The van der Waals surface area contributed by atoms with Crippen LogP contribution in [0.3, 0.4) is 0 Å². The number of nitrogen functional groups attached to an aromatic ring is 1. The molecule has 0 saturated carbocycles. The van der Waals surface area contributed by atoms with Crippen molar-refractivity contribution in [1.29, 1.82) is 0 Å². The monoisotopic (exact) mass is 299 g/mol. The second-order valence-electron chi connectivity index (χ2n) is 4.58. The van der Waals surface area contributed by atoms with Crippen molar-refractivity contribution in [1.82, 2.24) is 9.78 Å². The van der Waals surface area contributed by atoms with Crippen LogP contribution in [0.1, 0.15) is 0 Å². The van der Waals surface area contributed by atoms with Gasteiger partial charge in [0.25, 0.3) is 0 Å². The zero-order chi connectivity index (χ0) is 14.8. The lowest BCUT2D eigenvalue weighted by molar-refractivity contribution is 0.414. The number of benzene rings is 2. The van der Waals surface area contributed by atoms with Crippen molar-refractivity contribution in [2.24, 2.45) is 0 Å². The Kier molecular flexibility index (Phi) is 3.54. The maximum absolute atomic E-state index is 6.07. The van der Waals surface area contributed by atoms with Gasteiger partial charge in [-0.1, -0.05) is 29.8 Å². The lowest BCUT2D eigenvalue weighted by atomic mass is 10.1. The van der Waals surface area contributed by atoms with E-state index < -0.39 is 0 Å². The third-order valence-electron chi connectivity index (χ3n) is 3.16. The quantitative estimate of drug-likeness (QED) is 0.800. The average molecular weight is 300 g/mol. The summed E-state index contributed by atoms with van der Waals surface area (Å²) in [7, 11) is 1.63. The zero-order valence-corrected chi connectivity index (χ0v) is 12.2. The molecule has 0 spiro atoms. The summed E-state index contributed by atoms with van der Waals surface area (Å²) in [4.78, 5) is 0. The minimum Gasteiger partial charge on any atom is -0.497 e. The van der Waals surface area contributed by atoms with Crippen LogP contribution >= 0.6 is 11.6 Å². The summed E-state index contributed by atoms with van der Waals surface area (Å²) in [5.74, 6) is 1.31. The molecule has 0 radical (unpaired) electrons. The van der Waals surface area contributed by atoms with E-state index >= 15 is 0 Å².